The van der Waals surface area contributed by atoms with E-state index >= 15 is 0 Å². The summed E-state index contributed by atoms with van der Waals surface area (Å²) < 4.78 is 41.0. The Morgan fingerprint density at radius 1 is 1.08 bits per heavy atom. The van der Waals surface area contributed by atoms with Gasteiger partial charge < -0.3 is 15.3 Å². The minimum absolute atomic E-state index is 0.0578. The van der Waals surface area contributed by atoms with Crippen LogP contribution in [0.2, 0.25) is 0 Å². The number of pyridine rings is 1. The SMILES string of the molecule is C[C@@H](NCC1CCN(c2cc(C(F)(F)F)c(C(=O)O)cn2)CC1c1ccccc1)c1cccc2ccccc12. The maximum Gasteiger partial charge on any atom is 0.417 e. The van der Waals surface area contributed by atoms with Crippen LogP contribution in [0.1, 0.15) is 52.4 Å². The summed E-state index contributed by atoms with van der Waals surface area (Å²) in [6.07, 6.45) is -3.22. The fourth-order valence-corrected chi connectivity index (χ4v) is 5.62. The molecular weight excluding hydrogens is 503 g/mol. The van der Waals surface area contributed by atoms with Gasteiger partial charge >= 0.3 is 12.1 Å². The van der Waals surface area contributed by atoms with Crippen molar-refractivity contribution >= 4 is 22.6 Å². The topological polar surface area (TPSA) is 65.5 Å². The van der Waals surface area contributed by atoms with Crippen LogP contribution in [-0.4, -0.2) is 35.7 Å². The lowest BCUT2D eigenvalue weighted by Gasteiger charge is -2.40. The molecule has 8 heteroatoms. The third-order valence-electron chi connectivity index (χ3n) is 7.71. The minimum atomic E-state index is -4.79. The molecule has 2 N–H and O–H groups in total. The molecule has 4 aromatic rings. The monoisotopic (exact) mass is 533 g/mol. The van der Waals surface area contributed by atoms with Crippen molar-refractivity contribution in [1.82, 2.24) is 10.3 Å². The molecule has 1 aliphatic heterocycles. The second-order valence-corrected chi connectivity index (χ2v) is 10.1. The molecule has 1 fully saturated rings. The number of anilines is 1. The van der Waals surface area contributed by atoms with E-state index in [0.717, 1.165) is 30.8 Å². The Labute approximate surface area is 225 Å². The fourth-order valence-electron chi connectivity index (χ4n) is 5.62. The van der Waals surface area contributed by atoms with E-state index in [4.69, 9.17) is 0 Å². The number of halogens is 3. The predicted molar refractivity (Wildman–Crippen MR) is 146 cm³/mol. The average Bonchev–Trinajstić information content (AvgIpc) is 2.95. The van der Waals surface area contributed by atoms with Crippen LogP contribution < -0.4 is 10.2 Å². The molecule has 1 aromatic heterocycles. The summed E-state index contributed by atoms with van der Waals surface area (Å²) in [5.74, 6) is -1.19. The zero-order valence-electron chi connectivity index (χ0n) is 21.5. The summed E-state index contributed by atoms with van der Waals surface area (Å²) in [6.45, 7) is 3.91. The first kappa shape index (κ1) is 26.7. The zero-order chi connectivity index (χ0) is 27.6. The highest BCUT2D eigenvalue weighted by Gasteiger charge is 2.38. The number of carbonyl (C=O) groups is 1. The van der Waals surface area contributed by atoms with Gasteiger partial charge in [0.15, 0.2) is 0 Å². The number of hydrogen-bond acceptors (Lipinski definition) is 4. The van der Waals surface area contributed by atoms with E-state index in [1.807, 2.05) is 35.2 Å². The van der Waals surface area contributed by atoms with Gasteiger partial charge in [0.1, 0.15) is 5.82 Å². The van der Waals surface area contributed by atoms with E-state index in [9.17, 15) is 23.1 Å². The predicted octanol–water partition coefficient (Wildman–Crippen LogP) is 6.91. The normalized spacial score (nSPS) is 18.7. The van der Waals surface area contributed by atoms with Crippen LogP contribution in [0.3, 0.4) is 0 Å². The molecule has 3 atom stereocenters. The Kier molecular flexibility index (Phi) is 7.57. The number of rotatable bonds is 7. The Balaban J connectivity index is 1.37. The number of carboxylic acid groups (broad SMARTS) is 1. The van der Waals surface area contributed by atoms with Crippen molar-refractivity contribution in [2.75, 3.05) is 24.5 Å². The van der Waals surface area contributed by atoms with Gasteiger partial charge in [-0.2, -0.15) is 13.2 Å². The number of fused-ring (bicyclic) bond motifs is 1. The van der Waals surface area contributed by atoms with Crippen LogP contribution >= 0.6 is 0 Å². The highest BCUT2D eigenvalue weighted by molar-refractivity contribution is 5.89. The van der Waals surface area contributed by atoms with Crippen LogP contribution in [0.4, 0.5) is 19.0 Å². The molecule has 0 spiro atoms. The molecule has 1 saturated heterocycles. The van der Waals surface area contributed by atoms with Gasteiger partial charge in [0, 0.05) is 31.2 Å². The molecule has 5 nitrogen and oxygen atoms in total. The third kappa shape index (κ3) is 5.76. The van der Waals surface area contributed by atoms with E-state index < -0.39 is 23.3 Å². The van der Waals surface area contributed by atoms with Crippen molar-refractivity contribution in [2.24, 2.45) is 5.92 Å². The summed E-state index contributed by atoms with van der Waals surface area (Å²) in [6, 6.07) is 25.6. The van der Waals surface area contributed by atoms with Gasteiger partial charge in [0.05, 0.1) is 11.1 Å². The number of nitrogens with one attached hydrogen (secondary N) is 1. The maximum atomic E-state index is 13.7. The van der Waals surface area contributed by atoms with Crippen LogP contribution in [0.5, 0.6) is 0 Å². The van der Waals surface area contributed by atoms with Gasteiger partial charge in [-0.3, -0.25) is 0 Å². The van der Waals surface area contributed by atoms with Crippen molar-refractivity contribution in [3.63, 3.8) is 0 Å². The zero-order valence-corrected chi connectivity index (χ0v) is 21.5. The van der Waals surface area contributed by atoms with E-state index in [0.29, 0.717) is 13.1 Å². The molecule has 0 radical (unpaired) electrons. The molecule has 5 rings (SSSR count). The Hall–Kier alpha value is -3.91. The van der Waals surface area contributed by atoms with Gasteiger partial charge in [-0.15, -0.1) is 0 Å². The van der Waals surface area contributed by atoms with Crippen LogP contribution in [0.15, 0.2) is 85.1 Å². The molecular formula is C31H30F3N3O2. The largest absolute Gasteiger partial charge is 0.478 e. The molecule has 0 saturated carbocycles. The maximum absolute atomic E-state index is 13.7. The Morgan fingerprint density at radius 3 is 2.54 bits per heavy atom. The first-order valence-electron chi connectivity index (χ1n) is 13.0. The number of aromatic nitrogens is 1. The van der Waals surface area contributed by atoms with E-state index in [2.05, 4.69) is 59.7 Å². The highest BCUT2D eigenvalue weighted by Crippen LogP contribution is 2.38. The summed E-state index contributed by atoms with van der Waals surface area (Å²) in [4.78, 5) is 17.3. The molecule has 1 aliphatic rings. The number of alkyl halides is 3. The quantitative estimate of drug-likeness (QED) is 0.270. The molecule has 2 heterocycles. The van der Waals surface area contributed by atoms with Crippen molar-refractivity contribution < 1.29 is 23.1 Å². The van der Waals surface area contributed by atoms with Crippen molar-refractivity contribution in [3.8, 4) is 0 Å². The summed E-state index contributed by atoms with van der Waals surface area (Å²) in [5.41, 5.74) is 0.325. The van der Waals surface area contributed by atoms with Crippen LogP contribution in [-0.2, 0) is 6.18 Å². The minimum Gasteiger partial charge on any atom is -0.478 e. The van der Waals surface area contributed by atoms with Gasteiger partial charge in [-0.1, -0.05) is 72.8 Å². The van der Waals surface area contributed by atoms with Crippen LogP contribution in [0.25, 0.3) is 10.8 Å². The van der Waals surface area contributed by atoms with E-state index in [1.54, 1.807) is 0 Å². The van der Waals surface area contributed by atoms with E-state index in [-0.39, 0.29) is 23.7 Å². The number of benzene rings is 3. The Bertz CT molecular complexity index is 1450. The fraction of sp³-hybridized carbons (Fsp3) is 0.290. The summed E-state index contributed by atoms with van der Waals surface area (Å²) >= 11 is 0. The first-order valence-corrected chi connectivity index (χ1v) is 13.0. The van der Waals surface area contributed by atoms with E-state index in [1.165, 1.54) is 16.3 Å². The van der Waals surface area contributed by atoms with Crippen molar-refractivity contribution in [1.29, 1.82) is 0 Å². The number of nitrogens with zero attached hydrogens (tertiary/aromatic N) is 2. The number of aromatic carboxylic acids is 1. The molecule has 0 bridgehead atoms. The summed E-state index contributed by atoms with van der Waals surface area (Å²) in [5, 5.41) is 15.4. The van der Waals surface area contributed by atoms with Crippen molar-refractivity contribution in [2.45, 2.75) is 31.5 Å². The molecule has 39 heavy (non-hydrogen) atoms. The smallest absolute Gasteiger partial charge is 0.417 e. The summed E-state index contributed by atoms with van der Waals surface area (Å²) in [7, 11) is 0. The van der Waals surface area contributed by atoms with Gasteiger partial charge in [0.2, 0.25) is 0 Å². The molecule has 0 amide bonds. The first-order chi connectivity index (χ1) is 18.7. The second-order valence-electron chi connectivity index (χ2n) is 10.1. The highest BCUT2D eigenvalue weighted by atomic mass is 19.4. The second kappa shape index (κ2) is 11.1. The number of carboxylic acids is 1. The lowest BCUT2D eigenvalue weighted by atomic mass is 9.80. The average molecular weight is 534 g/mol. The molecule has 202 valence electrons. The van der Waals surface area contributed by atoms with Gasteiger partial charge in [-0.25, -0.2) is 9.78 Å². The lowest BCUT2D eigenvalue weighted by molar-refractivity contribution is -0.138. The third-order valence-corrected chi connectivity index (χ3v) is 7.71. The standard InChI is InChI=1S/C31H30F3N3O2/c1-20(24-13-7-11-21-10-5-6-12-25(21)24)35-17-23-14-15-37(19-27(23)22-8-3-2-4-9-22)29-16-28(31(32,33)34)26(18-36-29)30(38)39/h2-13,16,18,20,23,27,35H,14-15,17,19H2,1H3,(H,38,39)/t20-,23?,27?/m1/s1. The molecule has 3 aromatic carbocycles. The van der Waals surface area contributed by atoms with Gasteiger partial charge in [-0.05, 0) is 53.8 Å². The van der Waals surface area contributed by atoms with Crippen molar-refractivity contribution in [3.05, 3.63) is 107 Å². The number of hydrogen-bond donors (Lipinski definition) is 2. The molecule has 0 aliphatic carbocycles. The molecule has 2 unspecified atom stereocenters. The lowest BCUT2D eigenvalue weighted by Crippen LogP contribution is -2.43. The van der Waals surface area contributed by atoms with Gasteiger partial charge in [0.25, 0.3) is 0 Å². The Morgan fingerprint density at radius 2 is 1.79 bits per heavy atom. The van der Waals surface area contributed by atoms with Crippen LogP contribution in [0, 0.1) is 5.92 Å². The number of piperidine rings is 1.